The van der Waals surface area contributed by atoms with Crippen LogP contribution in [0, 0.1) is 6.92 Å². The standard InChI is InChI=1S/C22H22N4O3S.CH2O2/c1-3-26-20(27)11-18(22(26)29)30-17-7-5-4-6-16(17)21(28)23-12-15-13-25-9-8-14(2)10-19(25)24-15;2-1-3/h4-10,13,18H,3,11-12H2,1-2H3,(H,23,28);1H,(H,2,3). The van der Waals surface area contributed by atoms with Crippen molar-refractivity contribution in [2.24, 2.45) is 0 Å². The quantitative estimate of drug-likeness (QED) is 0.421. The Kier molecular flexibility index (Phi) is 7.83. The van der Waals surface area contributed by atoms with Crippen molar-refractivity contribution in [1.82, 2.24) is 19.6 Å². The summed E-state index contributed by atoms with van der Waals surface area (Å²) >= 11 is 1.27. The first-order valence-electron chi connectivity index (χ1n) is 10.3. The Balaban J connectivity index is 0.000000968. The lowest BCUT2D eigenvalue weighted by Crippen LogP contribution is -2.31. The lowest BCUT2D eigenvalue weighted by Gasteiger charge is -2.13. The van der Waals surface area contributed by atoms with Gasteiger partial charge in [-0.15, -0.1) is 11.8 Å². The maximum absolute atomic E-state index is 12.8. The number of carboxylic acid groups (broad SMARTS) is 1. The maximum Gasteiger partial charge on any atom is 0.290 e. The number of benzene rings is 1. The van der Waals surface area contributed by atoms with E-state index in [1.165, 1.54) is 16.7 Å². The lowest BCUT2D eigenvalue weighted by atomic mass is 10.2. The van der Waals surface area contributed by atoms with Crippen molar-refractivity contribution in [3.8, 4) is 0 Å². The Labute approximate surface area is 194 Å². The van der Waals surface area contributed by atoms with Crippen molar-refractivity contribution >= 4 is 41.6 Å². The molecule has 10 heteroatoms. The van der Waals surface area contributed by atoms with Gasteiger partial charge in [0.2, 0.25) is 11.8 Å². The molecule has 172 valence electrons. The molecule has 4 rings (SSSR count). The Bertz CT molecular complexity index is 1190. The molecule has 2 aromatic heterocycles. The number of amides is 3. The molecule has 1 aliphatic rings. The van der Waals surface area contributed by atoms with Crippen molar-refractivity contribution in [1.29, 1.82) is 0 Å². The highest BCUT2D eigenvalue weighted by Gasteiger charge is 2.38. The summed E-state index contributed by atoms with van der Waals surface area (Å²) in [6.45, 7) is 4.20. The van der Waals surface area contributed by atoms with E-state index in [2.05, 4.69) is 10.3 Å². The number of carbonyl (C=O) groups excluding carboxylic acids is 3. The van der Waals surface area contributed by atoms with Gasteiger partial charge in [0, 0.05) is 30.3 Å². The lowest BCUT2D eigenvalue weighted by molar-refractivity contribution is -0.138. The van der Waals surface area contributed by atoms with Crippen LogP contribution in [0.5, 0.6) is 0 Å². The average Bonchev–Trinajstić information content (AvgIpc) is 3.32. The summed E-state index contributed by atoms with van der Waals surface area (Å²) in [4.78, 5) is 52.1. The van der Waals surface area contributed by atoms with Crippen molar-refractivity contribution in [3.05, 3.63) is 65.6 Å². The van der Waals surface area contributed by atoms with Crippen molar-refractivity contribution in [2.75, 3.05) is 6.54 Å². The van der Waals surface area contributed by atoms with Crippen LogP contribution in [0.3, 0.4) is 0 Å². The maximum atomic E-state index is 12.8. The number of nitrogens with one attached hydrogen (secondary N) is 1. The fraction of sp³-hybridized carbons (Fsp3) is 0.261. The first-order valence-corrected chi connectivity index (χ1v) is 11.2. The Morgan fingerprint density at radius 3 is 2.73 bits per heavy atom. The average molecular weight is 469 g/mol. The van der Waals surface area contributed by atoms with Gasteiger partial charge >= 0.3 is 0 Å². The van der Waals surface area contributed by atoms with Gasteiger partial charge in [0.25, 0.3) is 12.4 Å². The molecule has 0 radical (unpaired) electrons. The van der Waals surface area contributed by atoms with Gasteiger partial charge < -0.3 is 14.8 Å². The zero-order valence-corrected chi connectivity index (χ0v) is 19.0. The number of pyridine rings is 1. The van der Waals surface area contributed by atoms with E-state index in [4.69, 9.17) is 9.90 Å². The smallest absolute Gasteiger partial charge is 0.290 e. The van der Waals surface area contributed by atoms with E-state index in [1.54, 1.807) is 25.1 Å². The monoisotopic (exact) mass is 468 g/mol. The second-order valence-corrected chi connectivity index (χ2v) is 8.52. The van der Waals surface area contributed by atoms with Gasteiger partial charge in [0.15, 0.2) is 0 Å². The third kappa shape index (κ3) is 5.58. The summed E-state index contributed by atoms with van der Waals surface area (Å²) in [5.74, 6) is -0.595. The minimum atomic E-state index is -0.493. The molecule has 9 nitrogen and oxygen atoms in total. The Hall–Kier alpha value is -3.66. The first kappa shape index (κ1) is 24.0. The van der Waals surface area contributed by atoms with Gasteiger partial charge in [0.05, 0.1) is 23.1 Å². The van der Waals surface area contributed by atoms with Gasteiger partial charge in [-0.25, -0.2) is 4.98 Å². The largest absolute Gasteiger partial charge is 0.483 e. The van der Waals surface area contributed by atoms with Crippen LogP contribution < -0.4 is 5.32 Å². The number of fused-ring (bicyclic) bond motifs is 1. The van der Waals surface area contributed by atoms with Crippen LogP contribution >= 0.6 is 11.8 Å². The van der Waals surface area contributed by atoms with Crippen LogP contribution in [0.25, 0.3) is 5.65 Å². The van der Waals surface area contributed by atoms with Gasteiger partial charge in [-0.05, 0) is 43.7 Å². The predicted octanol–water partition coefficient (Wildman–Crippen LogP) is 2.51. The molecule has 1 fully saturated rings. The summed E-state index contributed by atoms with van der Waals surface area (Å²) in [5, 5.41) is 9.30. The van der Waals surface area contributed by atoms with Crippen LogP contribution in [0.2, 0.25) is 0 Å². The third-order valence-electron chi connectivity index (χ3n) is 5.02. The van der Waals surface area contributed by atoms with E-state index in [1.807, 2.05) is 41.9 Å². The van der Waals surface area contributed by atoms with E-state index >= 15 is 0 Å². The summed E-state index contributed by atoms with van der Waals surface area (Å²) in [5.41, 5.74) is 3.20. The van der Waals surface area contributed by atoms with Crippen molar-refractivity contribution in [3.63, 3.8) is 0 Å². The van der Waals surface area contributed by atoms with Crippen LogP contribution in [0.15, 0.2) is 53.7 Å². The third-order valence-corrected chi connectivity index (χ3v) is 6.28. The van der Waals surface area contributed by atoms with Crippen LogP contribution in [-0.2, 0) is 20.9 Å². The van der Waals surface area contributed by atoms with Gasteiger partial charge in [-0.1, -0.05) is 12.1 Å². The number of nitrogens with zero attached hydrogens (tertiary/aromatic N) is 3. The minimum absolute atomic E-state index is 0.161. The minimum Gasteiger partial charge on any atom is -0.483 e. The highest BCUT2D eigenvalue weighted by molar-refractivity contribution is 8.00. The number of thioether (sulfide) groups is 1. The molecule has 3 heterocycles. The van der Waals surface area contributed by atoms with Crippen molar-refractivity contribution < 1.29 is 24.3 Å². The normalized spacial score (nSPS) is 15.3. The second-order valence-electron chi connectivity index (χ2n) is 7.27. The second kappa shape index (κ2) is 10.8. The van der Waals surface area contributed by atoms with E-state index in [0.717, 1.165) is 16.9 Å². The summed E-state index contributed by atoms with van der Waals surface area (Å²) in [6, 6.07) is 11.1. The number of hydrogen-bond donors (Lipinski definition) is 2. The molecule has 1 aliphatic heterocycles. The molecule has 2 N–H and O–H groups in total. The Morgan fingerprint density at radius 1 is 1.30 bits per heavy atom. The molecule has 0 saturated carbocycles. The topological polar surface area (TPSA) is 121 Å². The number of aromatic nitrogens is 2. The van der Waals surface area contributed by atoms with E-state index in [0.29, 0.717) is 23.5 Å². The number of likely N-dealkylation sites (tertiary alicyclic amines) is 1. The number of imide groups is 1. The first-order chi connectivity index (χ1) is 15.9. The van der Waals surface area contributed by atoms with Crippen LogP contribution in [0.1, 0.15) is 35.0 Å². The summed E-state index contributed by atoms with van der Waals surface area (Å²) in [6.07, 6.45) is 3.99. The molecule has 1 unspecified atom stereocenters. The molecule has 0 spiro atoms. The molecule has 0 bridgehead atoms. The van der Waals surface area contributed by atoms with Crippen molar-refractivity contribution in [2.45, 2.75) is 37.0 Å². The Morgan fingerprint density at radius 2 is 2.03 bits per heavy atom. The highest BCUT2D eigenvalue weighted by Crippen LogP contribution is 2.33. The summed E-state index contributed by atoms with van der Waals surface area (Å²) in [7, 11) is 0. The number of carbonyl (C=O) groups is 4. The van der Waals surface area contributed by atoms with Gasteiger partial charge in [0.1, 0.15) is 5.65 Å². The SMILES string of the molecule is CCN1C(=O)CC(Sc2ccccc2C(=O)NCc2cn3ccc(C)cc3n2)C1=O.O=CO. The molecule has 3 aromatic rings. The fourth-order valence-electron chi connectivity index (χ4n) is 3.47. The molecule has 1 atom stereocenters. The van der Waals surface area contributed by atoms with Crippen LogP contribution in [-0.4, -0.2) is 55.4 Å². The van der Waals surface area contributed by atoms with E-state index in [9.17, 15) is 14.4 Å². The zero-order chi connectivity index (χ0) is 24.0. The van der Waals surface area contributed by atoms with Crippen LogP contribution in [0.4, 0.5) is 0 Å². The predicted molar refractivity (Wildman–Crippen MR) is 123 cm³/mol. The molecule has 1 saturated heterocycles. The number of rotatable bonds is 6. The molecule has 3 amide bonds. The summed E-state index contributed by atoms with van der Waals surface area (Å²) < 4.78 is 1.92. The fourth-order valence-corrected chi connectivity index (χ4v) is 4.68. The highest BCUT2D eigenvalue weighted by atomic mass is 32.2. The molecular formula is C23H24N4O5S. The van der Waals surface area contributed by atoms with E-state index < -0.39 is 5.25 Å². The molecule has 33 heavy (non-hydrogen) atoms. The number of aryl methyl sites for hydroxylation is 1. The molecular weight excluding hydrogens is 444 g/mol. The zero-order valence-electron chi connectivity index (χ0n) is 18.2. The number of imidazole rings is 1. The van der Waals surface area contributed by atoms with Gasteiger partial charge in [-0.3, -0.25) is 24.1 Å². The number of hydrogen-bond acceptors (Lipinski definition) is 6. The van der Waals surface area contributed by atoms with E-state index in [-0.39, 0.29) is 30.6 Å². The molecule has 1 aromatic carbocycles. The van der Waals surface area contributed by atoms with Gasteiger partial charge in [-0.2, -0.15) is 0 Å². The molecule has 0 aliphatic carbocycles.